The molecular formula is C9H13NO3S. The Labute approximate surface area is 83.7 Å². The minimum absolute atomic E-state index is 0.351. The van der Waals surface area contributed by atoms with Crippen LogP contribution in [0.3, 0.4) is 0 Å². The number of rotatable bonds is 4. The second-order valence-electron chi connectivity index (χ2n) is 3.12. The SMILES string of the molecule is CCCc1ccncc1CS(=O)(=O)O. The molecule has 0 atom stereocenters. The third kappa shape index (κ3) is 3.43. The molecule has 1 heterocycles. The van der Waals surface area contributed by atoms with Crippen LogP contribution in [-0.4, -0.2) is 18.0 Å². The quantitative estimate of drug-likeness (QED) is 0.771. The molecule has 0 aliphatic rings. The summed E-state index contributed by atoms with van der Waals surface area (Å²) in [6, 6.07) is 1.78. The van der Waals surface area contributed by atoms with Crippen molar-refractivity contribution in [3.8, 4) is 0 Å². The smallest absolute Gasteiger partial charge is 0.269 e. The zero-order valence-corrected chi connectivity index (χ0v) is 8.79. The maximum atomic E-state index is 10.7. The summed E-state index contributed by atoms with van der Waals surface area (Å²) in [6.07, 6.45) is 4.84. The fourth-order valence-electron chi connectivity index (χ4n) is 1.30. The molecule has 0 bridgehead atoms. The van der Waals surface area contributed by atoms with Crippen LogP contribution in [0.5, 0.6) is 0 Å². The predicted octanol–water partition coefficient (Wildman–Crippen LogP) is 1.42. The lowest BCUT2D eigenvalue weighted by molar-refractivity contribution is 0.482. The lowest BCUT2D eigenvalue weighted by Crippen LogP contribution is -2.05. The summed E-state index contributed by atoms with van der Waals surface area (Å²) in [5, 5.41) is 0. The van der Waals surface area contributed by atoms with Gasteiger partial charge in [-0.1, -0.05) is 13.3 Å². The number of pyridine rings is 1. The minimum atomic E-state index is -3.96. The molecule has 78 valence electrons. The lowest BCUT2D eigenvalue weighted by atomic mass is 10.1. The van der Waals surface area contributed by atoms with Crippen molar-refractivity contribution in [2.75, 3.05) is 0 Å². The van der Waals surface area contributed by atoms with Gasteiger partial charge >= 0.3 is 0 Å². The fourth-order valence-corrected chi connectivity index (χ4v) is 1.95. The van der Waals surface area contributed by atoms with Crippen molar-refractivity contribution in [1.29, 1.82) is 0 Å². The highest BCUT2D eigenvalue weighted by Gasteiger charge is 2.10. The Bertz CT molecular complexity index is 400. The van der Waals surface area contributed by atoms with Gasteiger partial charge in [-0.25, -0.2) is 0 Å². The van der Waals surface area contributed by atoms with Crippen molar-refractivity contribution in [3.63, 3.8) is 0 Å². The van der Waals surface area contributed by atoms with Gasteiger partial charge in [0.15, 0.2) is 0 Å². The van der Waals surface area contributed by atoms with Crippen molar-refractivity contribution >= 4 is 10.1 Å². The van der Waals surface area contributed by atoms with E-state index in [1.807, 2.05) is 6.92 Å². The van der Waals surface area contributed by atoms with Crippen LogP contribution >= 0.6 is 0 Å². The van der Waals surface area contributed by atoms with Gasteiger partial charge in [-0.3, -0.25) is 9.54 Å². The van der Waals surface area contributed by atoms with Crippen molar-refractivity contribution in [3.05, 3.63) is 29.6 Å². The van der Waals surface area contributed by atoms with E-state index < -0.39 is 10.1 Å². The maximum absolute atomic E-state index is 10.7. The van der Waals surface area contributed by atoms with Crippen LogP contribution in [0.15, 0.2) is 18.5 Å². The molecule has 0 radical (unpaired) electrons. The molecular weight excluding hydrogens is 202 g/mol. The highest BCUT2D eigenvalue weighted by Crippen LogP contribution is 2.12. The largest absolute Gasteiger partial charge is 0.285 e. The Hall–Kier alpha value is -0.940. The van der Waals surface area contributed by atoms with Gasteiger partial charge in [0.05, 0.1) is 0 Å². The van der Waals surface area contributed by atoms with Gasteiger partial charge in [0, 0.05) is 12.4 Å². The first-order valence-electron chi connectivity index (χ1n) is 4.40. The second kappa shape index (κ2) is 4.52. The molecule has 0 unspecified atom stereocenters. The molecule has 14 heavy (non-hydrogen) atoms. The zero-order valence-electron chi connectivity index (χ0n) is 7.97. The molecule has 1 rings (SSSR count). The van der Waals surface area contributed by atoms with E-state index in [4.69, 9.17) is 4.55 Å². The molecule has 0 spiro atoms. The van der Waals surface area contributed by atoms with Crippen LogP contribution in [-0.2, 0) is 22.3 Å². The molecule has 1 N–H and O–H groups in total. The number of nitrogens with zero attached hydrogens (tertiary/aromatic N) is 1. The summed E-state index contributed by atoms with van der Waals surface area (Å²) in [6.45, 7) is 2.01. The summed E-state index contributed by atoms with van der Waals surface area (Å²) >= 11 is 0. The first-order chi connectivity index (χ1) is 6.53. The van der Waals surface area contributed by atoms with Gasteiger partial charge in [-0.2, -0.15) is 8.42 Å². The average Bonchev–Trinajstić information content (AvgIpc) is 2.06. The summed E-state index contributed by atoms with van der Waals surface area (Å²) in [7, 11) is -3.96. The highest BCUT2D eigenvalue weighted by atomic mass is 32.2. The molecule has 0 saturated heterocycles. The van der Waals surface area contributed by atoms with E-state index in [1.165, 1.54) is 6.20 Å². The van der Waals surface area contributed by atoms with Crippen LogP contribution in [0.4, 0.5) is 0 Å². The van der Waals surface area contributed by atoms with Gasteiger partial charge in [0.1, 0.15) is 5.75 Å². The van der Waals surface area contributed by atoms with Crippen LogP contribution < -0.4 is 0 Å². The third-order valence-electron chi connectivity index (χ3n) is 1.86. The molecule has 0 saturated carbocycles. The Morgan fingerprint density at radius 1 is 1.43 bits per heavy atom. The molecule has 4 nitrogen and oxygen atoms in total. The molecule has 0 amide bonds. The van der Waals surface area contributed by atoms with E-state index in [0.29, 0.717) is 5.56 Å². The Morgan fingerprint density at radius 2 is 2.14 bits per heavy atom. The predicted molar refractivity (Wildman–Crippen MR) is 53.5 cm³/mol. The molecule has 0 aliphatic carbocycles. The number of hydrogen-bond acceptors (Lipinski definition) is 3. The number of aromatic nitrogens is 1. The van der Waals surface area contributed by atoms with Crippen molar-refractivity contribution in [2.45, 2.75) is 25.5 Å². The van der Waals surface area contributed by atoms with E-state index in [2.05, 4.69) is 4.98 Å². The van der Waals surface area contributed by atoms with E-state index in [-0.39, 0.29) is 5.75 Å². The van der Waals surface area contributed by atoms with Crippen molar-refractivity contribution in [2.24, 2.45) is 0 Å². The monoisotopic (exact) mass is 215 g/mol. The number of aryl methyl sites for hydroxylation is 1. The molecule has 1 aromatic heterocycles. The standard InChI is InChI=1S/C9H13NO3S/c1-2-3-8-4-5-10-6-9(8)7-14(11,12)13/h4-6H,2-3,7H2,1H3,(H,11,12,13). The maximum Gasteiger partial charge on any atom is 0.269 e. The van der Waals surface area contributed by atoms with Gasteiger partial charge in [0.25, 0.3) is 10.1 Å². The normalized spacial score (nSPS) is 11.6. The summed E-state index contributed by atoms with van der Waals surface area (Å²) in [5.74, 6) is -0.351. The Balaban J connectivity index is 2.95. The number of hydrogen-bond donors (Lipinski definition) is 1. The lowest BCUT2D eigenvalue weighted by Gasteiger charge is -2.05. The van der Waals surface area contributed by atoms with Crippen LogP contribution in [0, 0.1) is 0 Å². The van der Waals surface area contributed by atoms with Gasteiger partial charge in [-0.05, 0) is 23.6 Å². The topological polar surface area (TPSA) is 67.3 Å². The van der Waals surface area contributed by atoms with E-state index in [1.54, 1.807) is 12.3 Å². The minimum Gasteiger partial charge on any atom is -0.285 e. The van der Waals surface area contributed by atoms with E-state index in [0.717, 1.165) is 18.4 Å². The Morgan fingerprint density at radius 3 is 2.71 bits per heavy atom. The molecule has 0 fully saturated rings. The molecule has 0 aromatic carbocycles. The Kier molecular flexibility index (Phi) is 3.60. The van der Waals surface area contributed by atoms with Crippen molar-refractivity contribution in [1.82, 2.24) is 4.98 Å². The van der Waals surface area contributed by atoms with Gasteiger partial charge in [-0.15, -0.1) is 0 Å². The average molecular weight is 215 g/mol. The zero-order chi connectivity index (χ0) is 10.6. The summed E-state index contributed by atoms with van der Waals surface area (Å²) < 4.78 is 30.1. The van der Waals surface area contributed by atoms with E-state index >= 15 is 0 Å². The third-order valence-corrected chi connectivity index (χ3v) is 2.54. The summed E-state index contributed by atoms with van der Waals surface area (Å²) in [5.41, 5.74) is 1.51. The first-order valence-corrected chi connectivity index (χ1v) is 6.01. The van der Waals surface area contributed by atoms with E-state index in [9.17, 15) is 8.42 Å². The highest BCUT2D eigenvalue weighted by molar-refractivity contribution is 7.85. The van der Waals surface area contributed by atoms with Crippen LogP contribution in [0.2, 0.25) is 0 Å². The second-order valence-corrected chi connectivity index (χ2v) is 4.57. The summed E-state index contributed by atoms with van der Waals surface area (Å²) in [4.78, 5) is 3.84. The van der Waals surface area contributed by atoms with Gasteiger partial charge < -0.3 is 0 Å². The first kappa shape index (κ1) is 11.1. The fraction of sp³-hybridized carbons (Fsp3) is 0.444. The molecule has 5 heteroatoms. The van der Waals surface area contributed by atoms with Crippen LogP contribution in [0.1, 0.15) is 24.5 Å². The molecule has 0 aliphatic heterocycles. The van der Waals surface area contributed by atoms with Crippen LogP contribution in [0.25, 0.3) is 0 Å². The van der Waals surface area contributed by atoms with Crippen molar-refractivity contribution < 1.29 is 13.0 Å². The van der Waals surface area contributed by atoms with Gasteiger partial charge in [0.2, 0.25) is 0 Å². The molecule has 1 aromatic rings.